The Morgan fingerprint density at radius 1 is 1.14 bits per heavy atom. The van der Waals surface area contributed by atoms with Crippen LogP contribution >= 0.6 is 58.1 Å². The molecule has 1 aromatic heterocycles. The fourth-order valence-electron chi connectivity index (χ4n) is 2.08. The van der Waals surface area contributed by atoms with Gasteiger partial charge in [0.25, 0.3) is 5.91 Å². The smallest absolute Gasteiger partial charge is 0.250 e. The second kappa shape index (κ2) is 11.0. The van der Waals surface area contributed by atoms with E-state index in [-0.39, 0.29) is 11.7 Å². The van der Waals surface area contributed by atoms with Gasteiger partial charge in [0, 0.05) is 16.3 Å². The SMILES string of the molecule is Cc1ccc(CSc2nnc(SCC(=O)N/N=C/c3ccc(Cl)cc3Cl)s2)cc1. The zero-order valence-electron chi connectivity index (χ0n) is 15.3. The van der Waals surface area contributed by atoms with Crippen molar-refractivity contribution in [2.24, 2.45) is 5.10 Å². The lowest BCUT2D eigenvalue weighted by Gasteiger charge is -2.00. The van der Waals surface area contributed by atoms with E-state index in [1.54, 1.807) is 30.0 Å². The van der Waals surface area contributed by atoms with Gasteiger partial charge in [0.15, 0.2) is 8.68 Å². The fraction of sp³-hybridized carbons (Fsp3) is 0.158. The van der Waals surface area contributed by atoms with Gasteiger partial charge in [-0.25, -0.2) is 5.43 Å². The number of aryl methyl sites for hydroxylation is 1. The first-order valence-corrected chi connectivity index (χ1v) is 12.0. The van der Waals surface area contributed by atoms with Gasteiger partial charge in [-0.3, -0.25) is 4.79 Å². The number of benzene rings is 2. The van der Waals surface area contributed by atoms with E-state index in [4.69, 9.17) is 23.2 Å². The number of nitrogens with zero attached hydrogens (tertiary/aromatic N) is 3. The van der Waals surface area contributed by atoms with E-state index in [1.807, 2.05) is 0 Å². The minimum atomic E-state index is -0.236. The van der Waals surface area contributed by atoms with Gasteiger partial charge in [-0.15, -0.1) is 10.2 Å². The summed E-state index contributed by atoms with van der Waals surface area (Å²) in [6.45, 7) is 2.07. The highest BCUT2D eigenvalue weighted by molar-refractivity contribution is 8.03. The van der Waals surface area contributed by atoms with Gasteiger partial charge in [-0.2, -0.15) is 5.10 Å². The second-order valence-corrected chi connectivity index (χ2v) is 10.1. The van der Waals surface area contributed by atoms with Crippen LogP contribution in [0, 0.1) is 6.92 Å². The van der Waals surface area contributed by atoms with Crippen LogP contribution in [0.1, 0.15) is 16.7 Å². The van der Waals surface area contributed by atoms with Crippen molar-refractivity contribution in [2.75, 3.05) is 5.75 Å². The van der Waals surface area contributed by atoms with Crippen LogP contribution in [0.2, 0.25) is 10.0 Å². The predicted octanol–water partition coefficient (Wildman–Crippen LogP) is 5.69. The van der Waals surface area contributed by atoms with Crippen molar-refractivity contribution in [1.29, 1.82) is 0 Å². The van der Waals surface area contributed by atoms with E-state index in [1.165, 1.54) is 40.4 Å². The molecule has 0 bridgehead atoms. The van der Waals surface area contributed by atoms with Crippen molar-refractivity contribution < 1.29 is 4.79 Å². The lowest BCUT2D eigenvalue weighted by Crippen LogP contribution is -2.19. The summed E-state index contributed by atoms with van der Waals surface area (Å²) in [4.78, 5) is 11.9. The highest BCUT2D eigenvalue weighted by Crippen LogP contribution is 2.30. The molecule has 0 unspecified atom stereocenters. The number of hydrazone groups is 1. The predicted molar refractivity (Wildman–Crippen MR) is 124 cm³/mol. The maximum absolute atomic E-state index is 11.9. The molecule has 0 radical (unpaired) electrons. The molecule has 150 valence electrons. The van der Waals surface area contributed by atoms with Crippen LogP contribution in [0.15, 0.2) is 56.2 Å². The third-order valence-electron chi connectivity index (χ3n) is 3.55. The molecule has 0 saturated heterocycles. The van der Waals surface area contributed by atoms with Crippen LogP contribution in [0.3, 0.4) is 0 Å². The Bertz CT molecular complexity index is 1010. The van der Waals surface area contributed by atoms with Crippen molar-refractivity contribution in [2.45, 2.75) is 21.4 Å². The first kappa shape index (κ1) is 22.1. The molecule has 1 N–H and O–H groups in total. The largest absolute Gasteiger partial charge is 0.272 e. The third kappa shape index (κ3) is 7.31. The Morgan fingerprint density at radius 2 is 1.86 bits per heavy atom. The number of amides is 1. The lowest BCUT2D eigenvalue weighted by atomic mass is 10.2. The van der Waals surface area contributed by atoms with Crippen LogP contribution in [0.25, 0.3) is 0 Å². The number of carbonyl (C=O) groups is 1. The molecular weight excluding hydrogens is 467 g/mol. The van der Waals surface area contributed by atoms with Gasteiger partial charge in [-0.1, -0.05) is 94.0 Å². The first-order chi connectivity index (χ1) is 14.0. The molecule has 0 spiro atoms. The van der Waals surface area contributed by atoms with Crippen molar-refractivity contribution in [3.63, 3.8) is 0 Å². The number of carbonyl (C=O) groups excluding carboxylic acids is 1. The normalized spacial score (nSPS) is 11.1. The van der Waals surface area contributed by atoms with Gasteiger partial charge in [0.2, 0.25) is 0 Å². The Hall–Kier alpha value is -1.58. The van der Waals surface area contributed by atoms with Crippen LogP contribution < -0.4 is 5.43 Å². The monoisotopic (exact) mass is 482 g/mol. The van der Waals surface area contributed by atoms with E-state index >= 15 is 0 Å². The lowest BCUT2D eigenvalue weighted by molar-refractivity contribution is -0.118. The maximum atomic E-state index is 11.9. The van der Waals surface area contributed by atoms with E-state index in [2.05, 4.69) is 51.9 Å². The summed E-state index contributed by atoms with van der Waals surface area (Å²) in [5, 5.41) is 13.2. The number of thioether (sulfide) groups is 2. The topological polar surface area (TPSA) is 67.2 Å². The van der Waals surface area contributed by atoms with Crippen molar-refractivity contribution in [3.8, 4) is 0 Å². The fourth-order valence-corrected chi connectivity index (χ4v) is 5.31. The van der Waals surface area contributed by atoms with Crippen LogP contribution in [-0.4, -0.2) is 28.1 Å². The Kier molecular flexibility index (Phi) is 8.38. The molecule has 10 heteroatoms. The molecule has 2 aromatic carbocycles. The average molecular weight is 483 g/mol. The molecule has 3 aromatic rings. The number of halogens is 2. The summed E-state index contributed by atoms with van der Waals surface area (Å²) in [6, 6.07) is 13.5. The van der Waals surface area contributed by atoms with E-state index in [9.17, 15) is 4.79 Å². The summed E-state index contributed by atoms with van der Waals surface area (Å²) < 4.78 is 1.63. The van der Waals surface area contributed by atoms with Crippen molar-refractivity contribution in [3.05, 3.63) is 69.2 Å². The quantitative estimate of drug-likeness (QED) is 0.253. The minimum absolute atomic E-state index is 0.197. The van der Waals surface area contributed by atoms with Crippen LogP contribution in [-0.2, 0) is 10.5 Å². The molecule has 0 aliphatic heterocycles. The number of rotatable bonds is 8. The average Bonchev–Trinajstić information content (AvgIpc) is 3.15. The molecule has 0 saturated carbocycles. The standard InChI is InChI=1S/C19H16Cl2N4OS3/c1-12-2-4-13(5-3-12)10-27-18-24-25-19(29-18)28-11-17(26)23-22-9-14-6-7-15(20)8-16(14)21/h2-9H,10-11H2,1H3,(H,23,26)/b22-9+. The van der Waals surface area contributed by atoms with Crippen LogP contribution in [0.5, 0.6) is 0 Å². The van der Waals surface area contributed by atoms with Gasteiger partial charge in [-0.05, 0) is 24.6 Å². The highest BCUT2D eigenvalue weighted by atomic mass is 35.5. The molecule has 0 aliphatic rings. The Balaban J connectivity index is 1.42. The minimum Gasteiger partial charge on any atom is -0.272 e. The number of hydrogen-bond acceptors (Lipinski definition) is 7. The highest BCUT2D eigenvalue weighted by Gasteiger charge is 2.09. The summed E-state index contributed by atoms with van der Waals surface area (Å²) in [6.07, 6.45) is 1.48. The summed E-state index contributed by atoms with van der Waals surface area (Å²) >= 11 is 16.3. The number of hydrogen-bond donors (Lipinski definition) is 1. The molecular formula is C19H16Cl2N4OS3. The van der Waals surface area contributed by atoms with E-state index in [0.29, 0.717) is 15.6 Å². The Morgan fingerprint density at radius 3 is 2.59 bits per heavy atom. The summed E-state index contributed by atoms with van der Waals surface area (Å²) in [5.41, 5.74) is 5.62. The van der Waals surface area contributed by atoms with Gasteiger partial charge >= 0.3 is 0 Å². The molecule has 5 nitrogen and oxygen atoms in total. The number of nitrogens with one attached hydrogen (secondary N) is 1. The van der Waals surface area contributed by atoms with Crippen LogP contribution in [0.4, 0.5) is 0 Å². The molecule has 0 atom stereocenters. The van der Waals surface area contributed by atoms with Gasteiger partial charge in [0.1, 0.15) is 0 Å². The van der Waals surface area contributed by atoms with Gasteiger partial charge in [0.05, 0.1) is 17.0 Å². The zero-order valence-corrected chi connectivity index (χ0v) is 19.2. The third-order valence-corrected chi connectivity index (χ3v) is 7.38. The summed E-state index contributed by atoms with van der Waals surface area (Å²) in [5.74, 6) is 0.797. The molecule has 3 rings (SSSR count). The molecule has 0 aliphatic carbocycles. The Labute approximate surface area is 191 Å². The molecule has 0 fully saturated rings. The molecule has 1 heterocycles. The number of aromatic nitrogens is 2. The van der Waals surface area contributed by atoms with E-state index < -0.39 is 0 Å². The second-order valence-electron chi connectivity index (χ2n) is 5.86. The summed E-state index contributed by atoms with van der Waals surface area (Å²) in [7, 11) is 0. The first-order valence-electron chi connectivity index (χ1n) is 8.41. The van der Waals surface area contributed by atoms with E-state index in [0.717, 1.165) is 14.4 Å². The van der Waals surface area contributed by atoms with Crippen molar-refractivity contribution >= 4 is 70.2 Å². The molecule has 29 heavy (non-hydrogen) atoms. The zero-order chi connectivity index (χ0) is 20.6. The van der Waals surface area contributed by atoms with Gasteiger partial charge < -0.3 is 0 Å². The maximum Gasteiger partial charge on any atom is 0.250 e. The van der Waals surface area contributed by atoms with Crippen molar-refractivity contribution in [1.82, 2.24) is 15.6 Å². The molecule has 1 amide bonds.